The van der Waals surface area contributed by atoms with Crippen LogP contribution in [0.3, 0.4) is 0 Å². The Morgan fingerprint density at radius 3 is 2.13 bits per heavy atom. The van der Waals surface area contributed by atoms with Crippen LogP contribution in [0, 0.1) is 5.41 Å². The summed E-state index contributed by atoms with van der Waals surface area (Å²) in [5.41, 5.74) is 3.37. The third-order valence-electron chi connectivity index (χ3n) is 12.3. The van der Waals surface area contributed by atoms with Crippen LogP contribution in [0.25, 0.3) is 11.1 Å². The topological polar surface area (TPSA) is 202 Å². The highest BCUT2D eigenvalue weighted by atomic mass is 16.6. The van der Waals surface area contributed by atoms with Crippen molar-refractivity contribution in [3.8, 4) is 22.6 Å². The number of nitrogens with one attached hydrogen (secondary N) is 2. The molecule has 0 saturated carbocycles. The molecule has 3 atom stereocenters. The Kier molecular flexibility index (Phi) is 17.4. The van der Waals surface area contributed by atoms with Gasteiger partial charge in [0.2, 0.25) is 11.7 Å². The zero-order chi connectivity index (χ0) is 51.5. The maximum atomic E-state index is 14.3. The number of likely N-dealkylation sites (tertiary alicyclic amines) is 1. The molecular formula is C55H63N3O13. The molecule has 3 amide bonds. The zero-order valence-corrected chi connectivity index (χ0v) is 41.4. The molecule has 0 aromatic heterocycles. The molecule has 6 rings (SSSR count). The Morgan fingerprint density at radius 1 is 0.803 bits per heavy atom. The molecular weight excluding hydrogens is 911 g/mol. The van der Waals surface area contributed by atoms with Crippen molar-refractivity contribution in [1.29, 1.82) is 0 Å². The van der Waals surface area contributed by atoms with Gasteiger partial charge in [-0.25, -0.2) is 14.4 Å². The summed E-state index contributed by atoms with van der Waals surface area (Å²) in [6.45, 7) is 11.1. The number of ether oxygens (including phenoxy) is 6. The number of methoxy groups -OCH3 is 2. The van der Waals surface area contributed by atoms with Crippen LogP contribution in [0.2, 0.25) is 0 Å². The smallest absolute Gasteiger partial charge is 0.407 e. The van der Waals surface area contributed by atoms with Crippen molar-refractivity contribution >= 4 is 47.3 Å². The van der Waals surface area contributed by atoms with Gasteiger partial charge in [-0.05, 0) is 124 Å². The number of hydrogen-bond donors (Lipinski definition) is 2. The Labute approximate surface area is 414 Å². The highest BCUT2D eigenvalue weighted by Crippen LogP contribution is 2.44. The molecule has 2 aliphatic rings. The summed E-state index contributed by atoms with van der Waals surface area (Å²) in [7, 11) is 3.05. The van der Waals surface area contributed by atoms with E-state index < -0.39 is 77.2 Å². The number of Topliss-reactive ketones (excluding diaryl/α,β-unsaturated/α-hetero) is 1. The number of fused-ring (bicyclic) bond motifs is 3. The highest BCUT2D eigenvalue weighted by Gasteiger charge is 2.43. The molecule has 71 heavy (non-hydrogen) atoms. The summed E-state index contributed by atoms with van der Waals surface area (Å²) in [6.07, 6.45) is 0.545. The summed E-state index contributed by atoms with van der Waals surface area (Å²) in [5, 5.41) is 5.39. The lowest BCUT2D eigenvalue weighted by Gasteiger charge is -2.36. The number of carbonyl (C=O) groups excluding carboxylic acids is 7. The Hall–Kier alpha value is -7.49. The fourth-order valence-corrected chi connectivity index (χ4v) is 8.65. The monoisotopic (exact) mass is 973 g/mol. The van der Waals surface area contributed by atoms with E-state index in [1.807, 2.05) is 60.7 Å². The standard InChI is InChI=1S/C55H63N3O13/c1-9-47(59)69-33-55(5,6)49(61)51(63)58-28-15-14-23-43(58)52(64)70-44(26-24-34-25-27-45(66-7)46(29-34)67-8)35-17-16-18-36(30-35)56-50(62)42(31-48(60)71-54(2,3)4)57-53(65)68-32-41-39-21-12-10-19-37(39)38-20-11-13-22-40(38)41/h9-13,16-22,25,27,29-30,41-44H,1,14-15,23-24,26,28,31-33H2,2-8H3,(H,56,62)(H,57,65)/t42?,43?,44-/m1/s1. The van der Waals surface area contributed by atoms with Crippen LogP contribution in [0.15, 0.2) is 104 Å². The molecule has 16 heteroatoms. The minimum absolute atomic E-state index is 0.0274. The van der Waals surface area contributed by atoms with E-state index in [9.17, 15) is 33.6 Å². The first-order valence-corrected chi connectivity index (χ1v) is 23.6. The van der Waals surface area contributed by atoms with Gasteiger partial charge in [0, 0.05) is 24.2 Å². The SMILES string of the molecule is C=CC(=O)OCC(C)(C)C(=O)C(=O)N1CCCCC1C(=O)O[C@H](CCc1ccc(OC)c(OC)c1)c1cccc(NC(=O)C(CC(=O)OC(C)(C)C)NC(=O)OCC2c3ccccc3-c3ccccc32)c1. The molecule has 376 valence electrons. The fraction of sp³-hybridized carbons (Fsp3) is 0.400. The average Bonchev–Trinajstić information content (AvgIpc) is 3.68. The lowest BCUT2D eigenvalue weighted by molar-refractivity contribution is -0.165. The predicted octanol–water partition coefficient (Wildman–Crippen LogP) is 8.20. The van der Waals surface area contributed by atoms with Crippen LogP contribution in [0.1, 0.15) is 101 Å². The molecule has 1 heterocycles. The minimum Gasteiger partial charge on any atom is -0.493 e. The van der Waals surface area contributed by atoms with Crippen LogP contribution in [0.5, 0.6) is 11.5 Å². The van der Waals surface area contributed by atoms with Crippen molar-refractivity contribution in [2.75, 3.05) is 39.3 Å². The van der Waals surface area contributed by atoms with E-state index in [2.05, 4.69) is 17.2 Å². The van der Waals surface area contributed by atoms with E-state index in [1.165, 1.54) is 33.0 Å². The second-order valence-electron chi connectivity index (χ2n) is 19.1. The summed E-state index contributed by atoms with van der Waals surface area (Å²) in [5.74, 6) is -3.92. The van der Waals surface area contributed by atoms with Crippen molar-refractivity contribution in [3.63, 3.8) is 0 Å². The normalized spacial score (nSPS) is 15.1. The van der Waals surface area contributed by atoms with E-state index in [-0.39, 0.29) is 44.2 Å². The molecule has 0 radical (unpaired) electrons. The Bertz CT molecular complexity index is 2590. The lowest BCUT2D eigenvalue weighted by Crippen LogP contribution is -2.53. The predicted molar refractivity (Wildman–Crippen MR) is 264 cm³/mol. The van der Waals surface area contributed by atoms with Gasteiger partial charge in [-0.2, -0.15) is 0 Å². The number of alkyl carbamates (subject to hydrolysis) is 1. The van der Waals surface area contributed by atoms with Gasteiger partial charge < -0.3 is 44.0 Å². The van der Waals surface area contributed by atoms with Gasteiger partial charge >= 0.3 is 24.0 Å². The van der Waals surface area contributed by atoms with Gasteiger partial charge in [-0.1, -0.05) is 73.3 Å². The molecule has 1 fully saturated rings. The maximum absolute atomic E-state index is 14.3. The summed E-state index contributed by atoms with van der Waals surface area (Å²) >= 11 is 0. The Morgan fingerprint density at radius 2 is 1.48 bits per heavy atom. The number of amides is 3. The van der Waals surface area contributed by atoms with Crippen molar-refractivity contribution < 1.29 is 62.0 Å². The van der Waals surface area contributed by atoms with E-state index in [0.717, 1.165) is 33.9 Å². The first-order valence-electron chi connectivity index (χ1n) is 23.6. The van der Waals surface area contributed by atoms with Crippen LogP contribution >= 0.6 is 0 Å². The first kappa shape index (κ1) is 52.9. The van der Waals surface area contributed by atoms with Crippen molar-refractivity contribution in [2.45, 2.75) is 103 Å². The number of anilines is 1. The largest absolute Gasteiger partial charge is 0.493 e. The minimum atomic E-state index is -1.43. The summed E-state index contributed by atoms with van der Waals surface area (Å²) in [6, 6.07) is 25.2. The molecule has 4 aromatic rings. The Balaban J connectivity index is 1.22. The molecule has 0 bridgehead atoms. The van der Waals surface area contributed by atoms with Crippen LogP contribution < -0.4 is 20.1 Å². The fourth-order valence-electron chi connectivity index (χ4n) is 8.65. The van der Waals surface area contributed by atoms with Gasteiger partial charge in [-0.3, -0.25) is 19.2 Å². The van der Waals surface area contributed by atoms with E-state index >= 15 is 0 Å². The van der Waals surface area contributed by atoms with Gasteiger partial charge in [0.25, 0.3) is 5.91 Å². The number of piperidine rings is 1. The van der Waals surface area contributed by atoms with Gasteiger partial charge in [0.05, 0.1) is 26.1 Å². The van der Waals surface area contributed by atoms with Crippen LogP contribution in [-0.2, 0) is 54.1 Å². The number of esters is 3. The molecule has 2 unspecified atom stereocenters. The molecule has 2 N–H and O–H groups in total. The number of benzene rings is 4. The van der Waals surface area contributed by atoms with E-state index in [4.69, 9.17) is 28.4 Å². The third kappa shape index (κ3) is 13.6. The van der Waals surface area contributed by atoms with Gasteiger partial charge in [-0.15, -0.1) is 0 Å². The number of hydrogen-bond acceptors (Lipinski definition) is 13. The number of nitrogens with zero attached hydrogens (tertiary/aromatic N) is 1. The highest BCUT2D eigenvalue weighted by molar-refractivity contribution is 6.38. The quantitative estimate of drug-likeness (QED) is 0.0372. The number of rotatable bonds is 20. The van der Waals surface area contributed by atoms with E-state index in [0.29, 0.717) is 36.3 Å². The van der Waals surface area contributed by atoms with Crippen LogP contribution in [-0.4, -0.2) is 98.2 Å². The van der Waals surface area contributed by atoms with Crippen molar-refractivity contribution in [3.05, 3.63) is 126 Å². The van der Waals surface area contributed by atoms with Gasteiger partial charge in [0.15, 0.2) is 11.5 Å². The zero-order valence-electron chi connectivity index (χ0n) is 41.4. The van der Waals surface area contributed by atoms with Gasteiger partial charge in [0.1, 0.15) is 37.0 Å². The molecule has 1 saturated heterocycles. The molecule has 0 spiro atoms. The molecule has 4 aromatic carbocycles. The van der Waals surface area contributed by atoms with Crippen molar-refractivity contribution in [1.82, 2.24) is 10.2 Å². The average molecular weight is 974 g/mol. The maximum Gasteiger partial charge on any atom is 0.407 e. The first-order chi connectivity index (χ1) is 33.8. The summed E-state index contributed by atoms with van der Waals surface area (Å²) in [4.78, 5) is 95.6. The van der Waals surface area contributed by atoms with Crippen LogP contribution in [0.4, 0.5) is 10.5 Å². The number of aryl methyl sites for hydroxylation is 1. The second-order valence-corrected chi connectivity index (χ2v) is 19.1. The molecule has 16 nitrogen and oxygen atoms in total. The molecule has 1 aliphatic heterocycles. The number of carbonyl (C=O) groups is 7. The third-order valence-corrected chi connectivity index (χ3v) is 12.3. The summed E-state index contributed by atoms with van der Waals surface area (Å²) < 4.78 is 33.6. The van der Waals surface area contributed by atoms with Crippen molar-refractivity contribution in [2.24, 2.45) is 5.41 Å². The second kappa shape index (κ2) is 23.4. The molecule has 1 aliphatic carbocycles. The number of ketones is 1. The lowest BCUT2D eigenvalue weighted by atomic mass is 9.87. The van der Waals surface area contributed by atoms with E-state index in [1.54, 1.807) is 51.1 Å².